The van der Waals surface area contributed by atoms with Gasteiger partial charge in [-0.2, -0.15) is 15.8 Å². The third-order valence-electron chi connectivity index (χ3n) is 9.65. The molecule has 9 rings (SSSR count). The van der Waals surface area contributed by atoms with Crippen LogP contribution in [0.15, 0.2) is 152 Å². The minimum atomic E-state index is 0.508. The van der Waals surface area contributed by atoms with Crippen molar-refractivity contribution >= 4 is 43.6 Å². The van der Waals surface area contributed by atoms with Crippen molar-refractivity contribution in [2.45, 2.75) is 0 Å². The zero-order valence-corrected chi connectivity index (χ0v) is 26.7. The van der Waals surface area contributed by atoms with Gasteiger partial charge in [0.15, 0.2) is 0 Å². The molecule has 0 radical (unpaired) electrons. The van der Waals surface area contributed by atoms with Crippen molar-refractivity contribution in [2.24, 2.45) is 0 Å². The van der Waals surface area contributed by atoms with Gasteiger partial charge < -0.3 is 9.13 Å². The highest BCUT2D eigenvalue weighted by atomic mass is 15.0. The average molecular weight is 636 g/mol. The Bertz CT molecular complexity index is 2920. The van der Waals surface area contributed by atoms with Crippen molar-refractivity contribution in [3.05, 3.63) is 168 Å². The fourth-order valence-corrected chi connectivity index (χ4v) is 7.43. The number of benzene rings is 7. The molecule has 7 aromatic carbocycles. The summed E-state index contributed by atoms with van der Waals surface area (Å²) in [6, 6.07) is 57.7. The lowest BCUT2D eigenvalue weighted by Crippen LogP contribution is -1.99. The normalized spacial score (nSPS) is 11.1. The van der Waals surface area contributed by atoms with Crippen LogP contribution in [0.1, 0.15) is 16.7 Å². The number of hydrogen-bond acceptors (Lipinski definition) is 3. The van der Waals surface area contributed by atoms with Crippen molar-refractivity contribution in [2.75, 3.05) is 0 Å². The maximum Gasteiger partial charge on any atom is 0.101 e. The van der Waals surface area contributed by atoms with Crippen LogP contribution in [-0.2, 0) is 0 Å². The van der Waals surface area contributed by atoms with Gasteiger partial charge in [-0.3, -0.25) is 0 Å². The van der Waals surface area contributed by atoms with Gasteiger partial charge in [-0.05, 0) is 71.8 Å². The summed E-state index contributed by atoms with van der Waals surface area (Å²) in [6.45, 7) is 0. The first-order valence-electron chi connectivity index (χ1n) is 16.3. The molecule has 0 fully saturated rings. The van der Waals surface area contributed by atoms with Crippen LogP contribution in [0, 0.1) is 34.0 Å². The molecule has 0 bridgehead atoms. The smallest absolute Gasteiger partial charge is 0.101 e. The largest absolute Gasteiger partial charge is 0.309 e. The topological polar surface area (TPSA) is 81.2 Å². The number of rotatable bonds is 4. The maximum absolute atomic E-state index is 10.5. The van der Waals surface area contributed by atoms with Crippen LogP contribution in [0.25, 0.3) is 77.2 Å². The van der Waals surface area contributed by atoms with Crippen LogP contribution in [-0.4, -0.2) is 9.13 Å². The molecule has 0 atom stereocenters. The maximum atomic E-state index is 10.5. The molecule has 2 aromatic heterocycles. The quantitative estimate of drug-likeness (QED) is 0.193. The van der Waals surface area contributed by atoms with Gasteiger partial charge in [-0.15, -0.1) is 0 Å². The highest BCUT2D eigenvalue weighted by Gasteiger charge is 2.19. The summed E-state index contributed by atoms with van der Waals surface area (Å²) in [4.78, 5) is 0. The molecule has 230 valence electrons. The predicted octanol–water partition coefficient (Wildman–Crippen LogP) is 10.8. The Hall–Kier alpha value is -7.39. The summed E-state index contributed by atoms with van der Waals surface area (Å²) in [7, 11) is 0. The zero-order chi connectivity index (χ0) is 33.8. The van der Waals surface area contributed by atoms with Crippen LogP contribution >= 0.6 is 0 Å². The summed E-state index contributed by atoms with van der Waals surface area (Å²) in [6.07, 6.45) is 0. The Morgan fingerprint density at radius 2 is 0.880 bits per heavy atom. The number of nitrogens with zero attached hydrogens (tertiary/aromatic N) is 5. The van der Waals surface area contributed by atoms with Gasteiger partial charge in [0.05, 0.1) is 62.3 Å². The summed E-state index contributed by atoms with van der Waals surface area (Å²) in [5.41, 5.74) is 11.0. The Morgan fingerprint density at radius 3 is 1.52 bits per heavy atom. The number of fused-ring (bicyclic) bond motifs is 6. The SMILES string of the molecule is N#Cc1ccc2c(c1)c1ccccc1n2-c1ccc(-c2ccc(-c3ccccc3-n3c4ccccc4c4ccccc43)c(C#N)c2)cc1C#N. The predicted molar refractivity (Wildman–Crippen MR) is 200 cm³/mol. The monoisotopic (exact) mass is 635 g/mol. The third kappa shape index (κ3) is 4.31. The van der Waals surface area contributed by atoms with Crippen molar-refractivity contribution in [3.63, 3.8) is 0 Å². The number of aromatic nitrogens is 2. The molecule has 0 aliphatic carbocycles. The summed E-state index contributed by atoms with van der Waals surface area (Å²) in [5, 5.41) is 34.8. The molecule has 5 nitrogen and oxygen atoms in total. The van der Waals surface area contributed by atoms with Gasteiger partial charge >= 0.3 is 0 Å². The number of nitriles is 3. The summed E-state index contributed by atoms with van der Waals surface area (Å²) in [5.74, 6) is 0. The lowest BCUT2D eigenvalue weighted by molar-refractivity contribution is 1.17. The lowest BCUT2D eigenvalue weighted by atomic mass is 9.93. The van der Waals surface area contributed by atoms with Gasteiger partial charge in [0, 0.05) is 32.7 Å². The van der Waals surface area contributed by atoms with Gasteiger partial charge in [0.25, 0.3) is 0 Å². The molecule has 5 heteroatoms. The number of hydrogen-bond donors (Lipinski definition) is 0. The fraction of sp³-hybridized carbons (Fsp3) is 0. The van der Waals surface area contributed by atoms with E-state index in [9.17, 15) is 15.8 Å². The first kappa shape index (κ1) is 28.8. The second kappa shape index (κ2) is 11.4. The van der Waals surface area contributed by atoms with E-state index in [1.54, 1.807) is 0 Å². The molecule has 0 spiro atoms. The Morgan fingerprint density at radius 1 is 0.360 bits per heavy atom. The summed E-state index contributed by atoms with van der Waals surface area (Å²) < 4.78 is 4.37. The van der Waals surface area contributed by atoms with E-state index in [1.165, 1.54) is 10.8 Å². The second-order valence-corrected chi connectivity index (χ2v) is 12.3. The van der Waals surface area contributed by atoms with E-state index < -0.39 is 0 Å². The first-order valence-corrected chi connectivity index (χ1v) is 16.3. The summed E-state index contributed by atoms with van der Waals surface area (Å²) >= 11 is 0. The van der Waals surface area contributed by atoms with Crippen LogP contribution in [0.5, 0.6) is 0 Å². The second-order valence-electron chi connectivity index (χ2n) is 12.3. The van der Waals surface area contributed by atoms with E-state index in [2.05, 4.69) is 88.0 Å². The molecule has 0 N–H and O–H groups in total. The molecule has 0 unspecified atom stereocenters. The van der Waals surface area contributed by atoms with Crippen LogP contribution in [0.4, 0.5) is 0 Å². The zero-order valence-electron chi connectivity index (χ0n) is 26.7. The van der Waals surface area contributed by atoms with Gasteiger partial charge in [-0.25, -0.2) is 0 Å². The van der Waals surface area contributed by atoms with E-state index in [0.29, 0.717) is 16.7 Å². The third-order valence-corrected chi connectivity index (χ3v) is 9.65. The lowest BCUT2D eigenvalue weighted by Gasteiger charge is -2.16. The molecule has 50 heavy (non-hydrogen) atoms. The van der Waals surface area contributed by atoms with Gasteiger partial charge in [0.2, 0.25) is 0 Å². The van der Waals surface area contributed by atoms with Crippen LogP contribution in [0.3, 0.4) is 0 Å². The molecule has 0 saturated carbocycles. The van der Waals surface area contributed by atoms with Crippen molar-refractivity contribution in [3.8, 4) is 51.8 Å². The Labute approximate surface area is 287 Å². The van der Waals surface area contributed by atoms with Gasteiger partial charge in [0.1, 0.15) is 6.07 Å². The molecule has 9 aromatic rings. The van der Waals surface area contributed by atoms with Crippen molar-refractivity contribution in [1.82, 2.24) is 9.13 Å². The van der Waals surface area contributed by atoms with Crippen LogP contribution < -0.4 is 0 Å². The van der Waals surface area contributed by atoms with Gasteiger partial charge in [-0.1, -0.05) is 91.0 Å². The van der Waals surface area contributed by atoms with E-state index in [1.807, 2.05) is 91.0 Å². The minimum Gasteiger partial charge on any atom is -0.309 e. The van der Waals surface area contributed by atoms with E-state index in [4.69, 9.17) is 0 Å². The molecule has 0 aliphatic heterocycles. The Kier molecular flexibility index (Phi) is 6.56. The first-order chi connectivity index (χ1) is 24.7. The fourth-order valence-electron chi connectivity index (χ4n) is 7.43. The standard InChI is InChI=1S/C45H25N5/c46-26-29-17-21-45-39(23-29)38-12-4-8-16-44(38)49(45)40-22-19-31(25-33(40)28-48)30-18-20-34(32(24-30)27-47)35-9-1-5-13-41(35)50-42-14-6-2-10-36(42)37-11-3-7-15-43(37)50/h1-25H. The molecule has 0 saturated heterocycles. The highest BCUT2D eigenvalue weighted by molar-refractivity contribution is 6.11. The average Bonchev–Trinajstić information content (AvgIpc) is 3.70. The van der Waals surface area contributed by atoms with Crippen LogP contribution in [0.2, 0.25) is 0 Å². The highest BCUT2D eigenvalue weighted by Crippen LogP contribution is 2.39. The van der Waals surface area contributed by atoms with E-state index in [0.717, 1.165) is 66.5 Å². The molecular formula is C45H25N5. The molecule has 0 amide bonds. The number of para-hydroxylation sites is 4. The Balaban J connectivity index is 1.17. The molecule has 0 aliphatic rings. The van der Waals surface area contributed by atoms with Crippen molar-refractivity contribution in [1.29, 1.82) is 15.8 Å². The molecular weight excluding hydrogens is 611 g/mol. The van der Waals surface area contributed by atoms with Crippen molar-refractivity contribution < 1.29 is 0 Å². The minimum absolute atomic E-state index is 0.508. The van der Waals surface area contributed by atoms with E-state index in [-0.39, 0.29) is 0 Å². The molecule has 2 heterocycles. The van der Waals surface area contributed by atoms with E-state index >= 15 is 0 Å².